The first kappa shape index (κ1) is 23.0. The lowest BCUT2D eigenvalue weighted by Crippen LogP contribution is -2.52. The van der Waals surface area contributed by atoms with Crippen LogP contribution in [0.4, 0.5) is 11.4 Å². The molecule has 0 spiro atoms. The lowest BCUT2D eigenvalue weighted by molar-refractivity contribution is -0.129. The van der Waals surface area contributed by atoms with Crippen LogP contribution in [0.2, 0.25) is 0 Å². The Hall–Kier alpha value is -3.14. The van der Waals surface area contributed by atoms with Gasteiger partial charge < -0.3 is 24.0 Å². The fourth-order valence-corrected chi connectivity index (χ4v) is 4.98. The maximum absolute atomic E-state index is 13.1. The molecule has 0 atom stereocenters. The molecule has 178 valence electrons. The molecule has 9 nitrogen and oxygen atoms in total. The lowest BCUT2D eigenvalue weighted by atomic mass is 10.2. The second-order valence-electron chi connectivity index (χ2n) is 7.80. The topological polar surface area (TPSA) is 88.6 Å². The molecule has 2 aromatic rings. The van der Waals surface area contributed by atoms with E-state index in [0.717, 1.165) is 11.4 Å². The van der Waals surface area contributed by atoms with Crippen LogP contribution in [-0.4, -0.2) is 78.0 Å². The van der Waals surface area contributed by atoms with Gasteiger partial charge in [0.2, 0.25) is 15.9 Å². The molecular weight excluding hydrogens is 446 g/mol. The third-order valence-electron chi connectivity index (χ3n) is 5.86. The summed E-state index contributed by atoms with van der Waals surface area (Å²) in [6.45, 7) is 4.54. The summed E-state index contributed by atoms with van der Waals surface area (Å²) in [5.41, 5.74) is 1.46. The Balaban J connectivity index is 1.44. The number of sulfonamides is 1. The van der Waals surface area contributed by atoms with Crippen LogP contribution < -0.4 is 23.4 Å². The van der Waals surface area contributed by atoms with E-state index in [0.29, 0.717) is 56.6 Å². The highest BCUT2D eigenvalue weighted by Gasteiger charge is 2.29. The average molecular weight is 476 g/mol. The van der Waals surface area contributed by atoms with Crippen LogP contribution in [0.5, 0.6) is 17.2 Å². The van der Waals surface area contributed by atoms with E-state index in [2.05, 4.69) is 4.90 Å². The zero-order chi connectivity index (χ0) is 23.4. The van der Waals surface area contributed by atoms with Gasteiger partial charge in [0.05, 0.1) is 18.6 Å². The predicted molar refractivity (Wildman–Crippen MR) is 126 cm³/mol. The molecule has 2 heterocycles. The normalized spacial score (nSPS) is 15.8. The van der Waals surface area contributed by atoms with Crippen molar-refractivity contribution in [3.63, 3.8) is 0 Å². The molecular formula is C23H29N3O6S. The zero-order valence-electron chi connectivity index (χ0n) is 18.9. The molecule has 0 aromatic heterocycles. The van der Waals surface area contributed by atoms with Gasteiger partial charge in [0.1, 0.15) is 25.5 Å². The monoisotopic (exact) mass is 475 g/mol. The van der Waals surface area contributed by atoms with Crippen LogP contribution in [0.1, 0.15) is 6.92 Å². The van der Waals surface area contributed by atoms with Gasteiger partial charge in [-0.25, -0.2) is 8.42 Å². The number of carbonyl (C=O) groups excluding carboxylic acids is 1. The number of carbonyl (C=O) groups is 1. The van der Waals surface area contributed by atoms with Crippen molar-refractivity contribution >= 4 is 27.3 Å². The van der Waals surface area contributed by atoms with Gasteiger partial charge in [0.15, 0.2) is 11.5 Å². The number of hydrogen-bond acceptors (Lipinski definition) is 7. The Bertz CT molecular complexity index is 1080. The summed E-state index contributed by atoms with van der Waals surface area (Å²) in [6, 6.07) is 12.8. The van der Waals surface area contributed by atoms with Crippen LogP contribution in [0, 0.1) is 0 Å². The van der Waals surface area contributed by atoms with E-state index in [1.54, 1.807) is 37.1 Å². The van der Waals surface area contributed by atoms with E-state index in [-0.39, 0.29) is 18.2 Å². The quantitative estimate of drug-likeness (QED) is 0.605. The van der Waals surface area contributed by atoms with E-state index in [4.69, 9.17) is 14.2 Å². The molecule has 0 N–H and O–H groups in total. The van der Waals surface area contributed by atoms with E-state index < -0.39 is 10.0 Å². The smallest absolute Gasteiger partial charge is 0.243 e. The third-order valence-corrected chi connectivity index (χ3v) is 7.60. The minimum absolute atomic E-state index is 0.111. The minimum atomic E-state index is -3.67. The first-order valence-electron chi connectivity index (χ1n) is 11.0. The second kappa shape index (κ2) is 9.78. The number of fused-ring (bicyclic) bond motifs is 1. The van der Waals surface area contributed by atoms with Gasteiger partial charge in [0.25, 0.3) is 0 Å². The predicted octanol–water partition coefficient (Wildman–Crippen LogP) is 1.97. The minimum Gasteiger partial charge on any atom is -0.497 e. The Morgan fingerprint density at radius 3 is 2.30 bits per heavy atom. The van der Waals surface area contributed by atoms with Crippen molar-refractivity contribution in [2.75, 3.05) is 68.0 Å². The molecule has 1 amide bonds. The van der Waals surface area contributed by atoms with Gasteiger partial charge in [0, 0.05) is 37.9 Å². The van der Waals surface area contributed by atoms with Crippen molar-refractivity contribution in [2.45, 2.75) is 6.92 Å². The molecule has 0 bridgehead atoms. The van der Waals surface area contributed by atoms with E-state index in [1.165, 1.54) is 4.31 Å². The highest BCUT2D eigenvalue weighted by molar-refractivity contribution is 7.92. The summed E-state index contributed by atoms with van der Waals surface area (Å²) in [7, 11) is -2.04. The number of nitrogens with zero attached hydrogens (tertiary/aromatic N) is 3. The molecule has 10 heteroatoms. The first-order valence-corrected chi connectivity index (χ1v) is 12.6. The van der Waals surface area contributed by atoms with Crippen molar-refractivity contribution < 1.29 is 27.4 Å². The summed E-state index contributed by atoms with van der Waals surface area (Å²) < 4.78 is 43.2. The summed E-state index contributed by atoms with van der Waals surface area (Å²) in [6.07, 6.45) is 0. The standard InChI is InChI=1S/C23H29N3O6S/c1-3-33(28,29)26(19-6-9-21-22(16-19)32-15-14-31-21)17-23(27)25-12-10-24(11-13-25)18-4-7-20(30-2)8-5-18/h4-9,16H,3,10-15,17H2,1-2H3. The number of hydrogen-bond donors (Lipinski definition) is 0. The van der Waals surface area contributed by atoms with Gasteiger partial charge in [-0.3, -0.25) is 9.10 Å². The second-order valence-corrected chi connectivity index (χ2v) is 9.98. The van der Waals surface area contributed by atoms with Gasteiger partial charge in [-0.15, -0.1) is 0 Å². The molecule has 0 aliphatic carbocycles. The van der Waals surface area contributed by atoms with Crippen molar-refractivity contribution in [3.8, 4) is 17.2 Å². The molecule has 2 aliphatic heterocycles. The van der Waals surface area contributed by atoms with Gasteiger partial charge >= 0.3 is 0 Å². The molecule has 2 aliphatic rings. The SMILES string of the molecule is CCS(=O)(=O)N(CC(=O)N1CCN(c2ccc(OC)cc2)CC1)c1ccc2c(c1)OCCO2. The molecule has 0 unspecified atom stereocenters. The Labute approximate surface area is 194 Å². The number of rotatable bonds is 7. The molecule has 0 saturated carbocycles. The lowest BCUT2D eigenvalue weighted by Gasteiger charge is -2.37. The van der Waals surface area contributed by atoms with Crippen LogP contribution >= 0.6 is 0 Å². The third kappa shape index (κ3) is 5.11. The summed E-state index contributed by atoms with van der Waals surface area (Å²) in [5, 5.41) is 0. The Morgan fingerprint density at radius 1 is 1.00 bits per heavy atom. The van der Waals surface area contributed by atoms with Gasteiger partial charge in [-0.1, -0.05) is 0 Å². The molecule has 4 rings (SSSR count). The van der Waals surface area contributed by atoms with E-state index >= 15 is 0 Å². The molecule has 33 heavy (non-hydrogen) atoms. The average Bonchev–Trinajstić information content (AvgIpc) is 2.87. The summed E-state index contributed by atoms with van der Waals surface area (Å²) >= 11 is 0. The van der Waals surface area contributed by atoms with Crippen molar-refractivity contribution in [2.24, 2.45) is 0 Å². The fraction of sp³-hybridized carbons (Fsp3) is 0.435. The maximum atomic E-state index is 13.1. The zero-order valence-corrected chi connectivity index (χ0v) is 19.7. The summed E-state index contributed by atoms with van der Waals surface area (Å²) in [4.78, 5) is 17.0. The number of anilines is 2. The molecule has 1 fully saturated rings. The van der Waals surface area contributed by atoms with E-state index in [9.17, 15) is 13.2 Å². The van der Waals surface area contributed by atoms with Gasteiger partial charge in [-0.2, -0.15) is 0 Å². The number of methoxy groups -OCH3 is 1. The summed E-state index contributed by atoms with van der Waals surface area (Å²) in [5.74, 6) is 1.51. The van der Waals surface area contributed by atoms with Crippen molar-refractivity contribution in [1.82, 2.24) is 4.90 Å². The number of piperazine rings is 1. The molecule has 0 radical (unpaired) electrons. The van der Waals surface area contributed by atoms with Crippen molar-refractivity contribution in [1.29, 1.82) is 0 Å². The Morgan fingerprint density at radius 2 is 1.67 bits per heavy atom. The van der Waals surface area contributed by atoms with Crippen LogP contribution in [-0.2, 0) is 14.8 Å². The Kier molecular flexibility index (Phi) is 6.83. The molecule has 1 saturated heterocycles. The maximum Gasteiger partial charge on any atom is 0.243 e. The highest BCUT2D eigenvalue weighted by Crippen LogP contribution is 2.35. The van der Waals surface area contributed by atoms with Crippen LogP contribution in [0.3, 0.4) is 0 Å². The highest BCUT2D eigenvalue weighted by atomic mass is 32.2. The van der Waals surface area contributed by atoms with Gasteiger partial charge in [-0.05, 0) is 43.3 Å². The first-order chi connectivity index (χ1) is 15.9. The number of ether oxygens (including phenoxy) is 3. The fourth-order valence-electron chi connectivity index (χ4n) is 3.92. The molecule has 2 aromatic carbocycles. The van der Waals surface area contributed by atoms with E-state index in [1.807, 2.05) is 24.3 Å². The van der Waals surface area contributed by atoms with Crippen molar-refractivity contribution in [3.05, 3.63) is 42.5 Å². The van der Waals surface area contributed by atoms with Crippen LogP contribution in [0.25, 0.3) is 0 Å². The number of benzene rings is 2. The number of amides is 1. The largest absolute Gasteiger partial charge is 0.497 e. The van der Waals surface area contributed by atoms with Crippen LogP contribution in [0.15, 0.2) is 42.5 Å².